The van der Waals surface area contributed by atoms with E-state index in [1.807, 2.05) is 19.1 Å². The number of aromatic hydroxyl groups is 1. The number of anilines is 1. The van der Waals surface area contributed by atoms with Crippen LogP contribution in [0.2, 0.25) is 0 Å². The highest BCUT2D eigenvalue weighted by molar-refractivity contribution is 7.23. The second-order valence-electron chi connectivity index (χ2n) is 4.12. The average molecular weight is 272 g/mol. The van der Waals surface area contributed by atoms with Gasteiger partial charge in [0.2, 0.25) is 0 Å². The van der Waals surface area contributed by atoms with Crippen LogP contribution < -0.4 is 11.3 Å². The standard InChI is InChI=1S/C13H12N4OS/c1-7-10-12(13(17-14)16-6-15-10)19-11(7)8-4-2-3-5-9(8)18/h2-6,18H,14H2,1H3,(H,15,16,17). The third-order valence-electron chi connectivity index (χ3n) is 2.99. The van der Waals surface area contributed by atoms with Crippen molar-refractivity contribution < 1.29 is 5.11 Å². The molecule has 2 aromatic heterocycles. The van der Waals surface area contributed by atoms with Gasteiger partial charge in [0.15, 0.2) is 5.82 Å². The first-order valence-corrected chi connectivity index (χ1v) is 6.53. The molecule has 19 heavy (non-hydrogen) atoms. The molecule has 0 fully saturated rings. The molecule has 0 atom stereocenters. The number of nitrogens with zero attached hydrogens (tertiary/aromatic N) is 2. The fourth-order valence-electron chi connectivity index (χ4n) is 2.05. The summed E-state index contributed by atoms with van der Waals surface area (Å²) < 4.78 is 0.890. The summed E-state index contributed by atoms with van der Waals surface area (Å²) in [6, 6.07) is 7.25. The van der Waals surface area contributed by atoms with Gasteiger partial charge in [0.05, 0.1) is 10.2 Å². The molecule has 0 unspecified atom stereocenters. The molecule has 0 aliphatic rings. The number of benzene rings is 1. The van der Waals surface area contributed by atoms with Gasteiger partial charge < -0.3 is 10.5 Å². The number of para-hydroxylation sites is 1. The monoisotopic (exact) mass is 272 g/mol. The number of aryl methyl sites for hydroxylation is 1. The zero-order valence-corrected chi connectivity index (χ0v) is 11.0. The van der Waals surface area contributed by atoms with Crippen molar-refractivity contribution in [1.29, 1.82) is 0 Å². The lowest BCUT2D eigenvalue weighted by Gasteiger charge is -2.02. The van der Waals surface area contributed by atoms with E-state index in [0.29, 0.717) is 5.82 Å². The minimum Gasteiger partial charge on any atom is -0.507 e. The number of nitrogen functional groups attached to an aromatic ring is 1. The van der Waals surface area contributed by atoms with Crippen LogP contribution in [-0.4, -0.2) is 15.1 Å². The molecule has 0 aliphatic heterocycles. The van der Waals surface area contributed by atoms with Gasteiger partial charge in [-0.05, 0) is 24.6 Å². The molecule has 0 spiro atoms. The number of phenolic OH excluding ortho intramolecular Hbond substituents is 1. The fraction of sp³-hybridized carbons (Fsp3) is 0.0769. The normalized spacial score (nSPS) is 10.8. The van der Waals surface area contributed by atoms with E-state index in [-0.39, 0.29) is 5.75 Å². The molecule has 0 radical (unpaired) electrons. The number of rotatable bonds is 2. The van der Waals surface area contributed by atoms with Crippen LogP contribution in [0, 0.1) is 6.92 Å². The molecule has 0 amide bonds. The Balaban J connectivity index is 2.32. The number of hydrogen-bond acceptors (Lipinski definition) is 6. The van der Waals surface area contributed by atoms with Gasteiger partial charge in [-0.3, -0.25) is 0 Å². The summed E-state index contributed by atoms with van der Waals surface area (Å²) in [7, 11) is 0. The van der Waals surface area contributed by atoms with E-state index in [1.54, 1.807) is 12.1 Å². The predicted octanol–water partition coefficient (Wildman–Crippen LogP) is 2.66. The summed E-state index contributed by atoms with van der Waals surface area (Å²) >= 11 is 1.51. The highest BCUT2D eigenvalue weighted by Crippen LogP contribution is 2.42. The van der Waals surface area contributed by atoms with Crippen molar-refractivity contribution in [2.24, 2.45) is 5.84 Å². The van der Waals surface area contributed by atoms with Gasteiger partial charge >= 0.3 is 0 Å². The van der Waals surface area contributed by atoms with Crippen molar-refractivity contribution >= 4 is 27.4 Å². The van der Waals surface area contributed by atoms with Crippen LogP contribution in [0.1, 0.15) is 5.56 Å². The van der Waals surface area contributed by atoms with Crippen LogP contribution >= 0.6 is 11.3 Å². The molecule has 6 heteroatoms. The molecule has 4 N–H and O–H groups in total. The summed E-state index contributed by atoms with van der Waals surface area (Å²) in [5, 5.41) is 9.97. The molecular formula is C13H12N4OS. The zero-order chi connectivity index (χ0) is 13.4. The predicted molar refractivity (Wildman–Crippen MR) is 77.1 cm³/mol. The van der Waals surface area contributed by atoms with E-state index in [1.165, 1.54) is 17.7 Å². The molecule has 5 nitrogen and oxygen atoms in total. The molecule has 2 heterocycles. The Labute approximate surface area is 113 Å². The Morgan fingerprint density at radius 3 is 2.79 bits per heavy atom. The van der Waals surface area contributed by atoms with E-state index in [2.05, 4.69) is 15.4 Å². The number of phenols is 1. The lowest BCUT2D eigenvalue weighted by Crippen LogP contribution is -2.08. The first-order valence-electron chi connectivity index (χ1n) is 5.71. The zero-order valence-electron chi connectivity index (χ0n) is 10.2. The van der Waals surface area contributed by atoms with Gasteiger partial charge in [-0.15, -0.1) is 11.3 Å². The fourth-order valence-corrected chi connectivity index (χ4v) is 3.30. The molecule has 0 aliphatic carbocycles. The summed E-state index contributed by atoms with van der Waals surface area (Å²) in [6.45, 7) is 1.98. The quantitative estimate of drug-likeness (QED) is 0.493. The first-order chi connectivity index (χ1) is 9.22. The molecule has 0 saturated heterocycles. The van der Waals surface area contributed by atoms with Gasteiger partial charge in [-0.1, -0.05) is 12.1 Å². The number of nitrogens with two attached hydrogens (primary N) is 1. The van der Waals surface area contributed by atoms with Crippen LogP contribution in [0.15, 0.2) is 30.6 Å². The van der Waals surface area contributed by atoms with Crippen molar-refractivity contribution in [1.82, 2.24) is 9.97 Å². The molecule has 3 rings (SSSR count). The summed E-state index contributed by atoms with van der Waals surface area (Å²) in [5.41, 5.74) is 5.24. The Morgan fingerprint density at radius 2 is 2.05 bits per heavy atom. The number of aromatic nitrogens is 2. The van der Waals surface area contributed by atoms with Crippen molar-refractivity contribution in [2.75, 3.05) is 5.43 Å². The van der Waals surface area contributed by atoms with Crippen molar-refractivity contribution in [3.05, 3.63) is 36.2 Å². The van der Waals surface area contributed by atoms with Gasteiger partial charge in [-0.2, -0.15) is 0 Å². The Hall–Kier alpha value is -2.18. The summed E-state index contributed by atoms with van der Waals surface area (Å²) in [4.78, 5) is 9.36. The molecule has 1 aromatic carbocycles. The SMILES string of the molecule is Cc1c(-c2ccccc2O)sc2c(NN)ncnc12. The number of fused-ring (bicyclic) bond motifs is 1. The average Bonchev–Trinajstić information content (AvgIpc) is 2.77. The molecular weight excluding hydrogens is 260 g/mol. The van der Waals surface area contributed by atoms with Crippen molar-refractivity contribution in [2.45, 2.75) is 6.92 Å². The van der Waals surface area contributed by atoms with Crippen molar-refractivity contribution in [3.8, 4) is 16.2 Å². The van der Waals surface area contributed by atoms with Gasteiger partial charge in [0.25, 0.3) is 0 Å². The van der Waals surface area contributed by atoms with Gasteiger partial charge in [0, 0.05) is 10.4 Å². The van der Waals surface area contributed by atoms with E-state index in [4.69, 9.17) is 5.84 Å². The van der Waals surface area contributed by atoms with E-state index >= 15 is 0 Å². The Bertz CT molecular complexity index is 753. The minimum atomic E-state index is 0.257. The van der Waals surface area contributed by atoms with Gasteiger partial charge in [-0.25, -0.2) is 15.8 Å². The van der Waals surface area contributed by atoms with E-state index in [0.717, 1.165) is 26.2 Å². The third kappa shape index (κ3) is 1.81. The lowest BCUT2D eigenvalue weighted by molar-refractivity contribution is 0.477. The maximum Gasteiger partial charge on any atom is 0.161 e. The summed E-state index contributed by atoms with van der Waals surface area (Å²) in [6.07, 6.45) is 1.48. The summed E-state index contributed by atoms with van der Waals surface area (Å²) in [5.74, 6) is 6.31. The lowest BCUT2D eigenvalue weighted by atomic mass is 10.1. The van der Waals surface area contributed by atoms with Crippen LogP contribution in [0.5, 0.6) is 5.75 Å². The number of hydrogen-bond donors (Lipinski definition) is 3. The number of thiophene rings is 1. The second kappa shape index (κ2) is 4.49. The number of nitrogens with one attached hydrogen (secondary N) is 1. The number of hydrazine groups is 1. The Kier molecular flexibility index (Phi) is 2.81. The molecule has 3 aromatic rings. The highest BCUT2D eigenvalue weighted by atomic mass is 32.1. The minimum absolute atomic E-state index is 0.257. The van der Waals surface area contributed by atoms with Crippen LogP contribution in [0.25, 0.3) is 20.7 Å². The van der Waals surface area contributed by atoms with Crippen LogP contribution in [0.4, 0.5) is 5.82 Å². The second-order valence-corrected chi connectivity index (χ2v) is 5.14. The van der Waals surface area contributed by atoms with Crippen LogP contribution in [-0.2, 0) is 0 Å². The molecule has 96 valence electrons. The van der Waals surface area contributed by atoms with Crippen LogP contribution in [0.3, 0.4) is 0 Å². The maximum atomic E-state index is 9.97. The smallest absolute Gasteiger partial charge is 0.161 e. The maximum absolute atomic E-state index is 9.97. The highest BCUT2D eigenvalue weighted by Gasteiger charge is 2.16. The molecule has 0 bridgehead atoms. The first kappa shape index (κ1) is 11.9. The largest absolute Gasteiger partial charge is 0.507 e. The van der Waals surface area contributed by atoms with E-state index < -0.39 is 0 Å². The third-order valence-corrected chi connectivity index (χ3v) is 4.31. The van der Waals surface area contributed by atoms with E-state index in [9.17, 15) is 5.11 Å². The van der Waals surface area contributed by atoms with Gasteiger partial charge in [0.1, 0.15) is 12.1 Å². The topological polar surface area (TPSA) is 84.1 Å². The van der Waals surface area contributed by atoms with Crippen molar-refractivity contribution in [3.63, 3.8) is 0 Å². The molecule has 0 saturated carbocycles. The Morgan fingerprint density at radius 1 is 1.26 bits per heavy atom.